The van der Waals surface area contributed by atoms with E-state index in [0.29, 0.717) is 42.5 Å². The Labute approximate surface area is 179 Å². The van der Waals surface area contributed by atoms with Crippen molar-refractivity contribution < 1.29 is 23.8 Å². The standard InChI is InChI=1S/C19H26ClN5O5/c1-5-10-15(20)24-16(21-10)17(26)22-11-6-7-25(8-12(11)29-4)19-23-13(18(27)28)14(30-19)9(2)3/h9,11-12H,5-8H2,1-4H3,(H,21,24)(H,22,26)(H,27,28)/t11-,12+/m0/s1. The summed E-state index contributed by atoms with van der Waals surface area (Å²) in [5.74, 6) is -1.09. The molecule has 0 unspecified atom stereocenters. The Morgan fingerprint density at radius 1 is 1.43 bits per heavy atom. The van der Waals surface area contributed by atoms with Crippen molar-refractivity contribution in [3.05, 3.63) is 28.1 Å². The predicted molar refractivity (Wildman–Crippen MR) is 109 cm³/mol. The van der Waals surface area contributed by atoms with Crippen LogP contribution in [-0.2, 0) is 11.2 Å². The third-order valence-electron chi connectivity index (χ3n) is 5.11. The van der Waals surface area contributed by atoms with Gasteiger partial charge in [-0.2, -0.15) is 4.98 Å². The number of oxazole rings is 1. The molecule has 0 radical (unpaired) electrons. The SMILES string of the molecule is CCc1[nH]c(C(=O)N[C@H]2CCN(c3nc(C(=O)O)c(C(C)C)o3)C[C@H]2OC)nc1Cl. The number of hydrogen-bond donors (Lipinski definition) is 3. The van der Waals surface area contributed by atoms with E-state index < -0.39 is 5.97 Å². The highest BCUT2D eigenvalue weighted by molar-refractivity contribution is 6.30. The average Bonchev–Trinajstić information content (AvgIpc) is 3.32. The third-order valence-corrected chi connectivity index (χ3v) is 5.43. The Hall–Kier alpha value is -2.59. The highest BCUT2D eigenvalue weighted by atomic mass is 35.5. The number of H-pyrrole nitrogens is 1. The largest absolute Gasteiger partial charge is 0.476 e. The lowest BCUT2D eigenvalue weighted by Crippen LogP contribution is -2.55. The van der Waals surface area contributed by atoms with Crippen LogP contribution in [0.4, 0.5) is 6.01 Å². The minimum atomic E-state index is -1.12. The van der Waals surface area contributed by atoms with Crippen LogP contribution in [0.2, 0.25) is 5.15 Å². The topological polar surface area (TPSA) is 134 Å². The first-order valence-electron chi connectivity index (χ1n) is 9.82. The van der Waals surface area contributed by atoms with Crippen molar-refractivity contribution in [2.24, 2.45) is 0 Å². The van der Waals surface area contributed by atoms with Crippen molar-refractivity contribution in [2.45, 2.75) is 51.7 Å². The molecule has 11 heteroatoms. The molecule has 3 rings (SSSR count). The molecular formula is C19H26ClN5O5. The number of piperidine rings is 1. The van der Waals surface area contributed by atoms with Crippen LogP contribution in [0.5, 0.6) is 0 Å². The molecule has 2 aromatic rings. The van der Waals surface area contributed by atoms with Crippen LogP contribution in [0.25, 0.3) is 0 Å². The van der Waals surface area contributed by atoms with Crippen molar-refractivity contribution >= 4 is 29.5 Å². The van der Waals surface area contributed by atoms with Gasteiger partial charge in [-0.15, -0.1) is 0 Å². The number of carbonyl (C=O) groups excluding carboxylic acids is 1. The Kier molecular flexibility index (Phi) is 6.67. The molecular weight excluding hydrogens is 414 g/mol. The Balaban J connectivity index is 1.71. The number of hydrogen-bond acceptors (Lipinski definition) is 7. The first kappa shape index (κ1) is 22.1. The highest BCUT2D eigenvalue weighted by Gasteiger charge is 2.34. The van der Waals surface area contributed by atoms with Crippen molar-refractivity contribution in [1.82, 2.24) is 20.3 Å². The van der Waals surface area contributed by atoms with Crippen molar-refractivity contribution in [1.29, 1.82) is 0 Å². The van der Waals surface area contributed by atoms with Gasteiger partial charge in [0, 0.05) is 19.6 Å². The normalized spacial score (nSPS) is 19.3. The summed E-state index contributed by atoms with van der Waals surface area (Å²) < 4.78 is 11.3. The molecule has 1 aliphatic rings. The molecule has 1 fully saturated rings. The number of imidazole rings is 1. The van der Waals surface area contributed by atoms with Crippen LogP contribution in [0.1, 0.15) is 65.7 Å². The maximum absolute atomic E-state index is 12.6. The van der Waals surface area contributed by atoms with Crippen molar-refractivity contribution in [3.63, 3.8) is 0 Å². The van der Waals surface area contributed by atoms with Gasteiger partial charge in [0.2, 0.25) is 0 Å². The smallest absolute Gasteiger partial charge is 0.358 e. The first-order chi connectivity index (χ1) is 14.2. The average molecular weight is 440 g/mol. The molecule has 1 saturated heterocycles. The molecule has 164 valence electrons. The zero-order valence-corrected chi connectivity index (χ0v) is 18.1. The maximum Gasteiger partial charge on any atom is 0.358 e. The van der Waals surface area contributed by atoms with Crippen LogP contribution < -0.4 is 10.2 Å². The van der Waals surface area contributed by atoms with E-state index in [-0.39, 0.29) is 41.5 Å². The fraction of sp³-hybridized carbons (Fsp3) is 0.579. The number of amides is 1. The second kappa shape index (κ2) is 9.05. The minimum absolute atomic E-state index is 0.0779. The fourth-order valence-electron chi connectivity index (χ4n) is 3.46. The van der Waals surface area contributed by atoms with Crippen LogP contribution in [-0.4, -0.2) is 64.3 Å². The number of carbonyl (C=O) groups is 2. The van der Waals surface area contributed by atoms with Crippen molar-refractivity contribution in [2.75, 3.05) is 25.1 Å². The molecule has 2 aromatic heterocycles. The molecule has 0 aromatic carbocycles. The number of aromatic amines is 1. The lowest BCUT2D eigenvalue weighted by Gasteiger charge is -2.37. The number of methoxy groups -OCH3 is 1. The van der Waals surface area contributed by atoms with E-state index in [1.807, 2.05) is 25.7 Å². The summed E-state index contributed by atoms with van der Waals surface area (Å²) in [6.45, 7) is 6.52. The zero-order valence-electron chi connectivity index (χ0n) is 17.4. The van der Waals surface area contributed by atoms with Gasteiger partial charge in [-0.05, 0) is 12.8 Å². The van der Waals surface area contributed by atoms with E-state index >= 15 is 0 Å². The molecule has 30 heavy (non-hydrogen) atoms. The first-order valence-corrected chi connectivity index (χ1v) is 10.2. The van der Waals surface area contributed by atoms with E-state index in [1.165, 1.54) is 0 Å². The van der Waals surface area contributed by atoms with Gasteiger partial charge in [0.05, 0.1) is 24.4 Å². The Morgan fingerprint density at radius 3 is 2.70 bits per heavy atom. The quantitative estimate of drug-likeness (QED) is 0.599. The second-order valence-electron chi connectivity index (χ2n) is 7.47. The molecule has 1 amide bonds. The van der Waals surface area contributed by atoms with E-state index in [0.717, 1.165) is 0 Å². The molecule has 0 bridgehead atoms. The Morgan fingerprint density at radius 2 is 2.17 bits per heavy atom. The molecule has 1 aliphatic heterocycles. The van der Waals surface area contributed by atoms with Gasteiger partial charge < -0.3 is 29.5 Å². The van der Waals surface area contributed by atoms with E-state index in [1.54, 1.807) is 7.11 Å². The summed E-state index contributed by atoms with van der Waals surface area (Å²) in [5, 5.41) is 12.6. The number of aryl methyl sites for hydroxylation is 1. The monoisotopic (exact) mass is 439 g/mol. The summed E-state index contributed by atoms with van der Waals surface area (Å²) in [6, 6.07) is -0.0143. The van der Waals surface area contributed by atoms with Crippen LogP contribution in [0.3, 0.4) is 0 Å². The number of aromatic carboxylic acids is 1. The molecule has 3 heterocycles. The lowest BCUT2D eigenvalue weighted by molar-refractivity contribution is 0.0528. The van der Waals surface area contributed by atoms with Gasteiger partial charge in [0.25, 0.3) is 11.9 Å². The molecule has 2 atom stereocenters. The van der Waals surface area contributed by atoms with Gasteiger partial charge in [0.15, 0.2) is 16.7 Å². The zero-order chi connectivity index (χ0) is 22.0. The number of anilines is 1. The van der Waals surface area contributed by atoms with Gasteiger partial charge in [-0.1, -0.05) is 32.4 Å². The summed E-state index contributed by atoms with van der Waals surface area (Å²) in [6.07, 6.45) is 0.855. The Bertz CT molecular complexity index is 925. The second-order valence-corrected chi connectivity index (χ2v) is 7.82. The highest BCUT2D eigenvalue weighted by Crippen LogP contribution is 2.28. The van der Waals surface area contributed by atoms with Gasteiger partial charge in [-0.25, -0.2) is 9.78 Å². The molecule has 10 nitrogen and oxygen atoms in total. The maximum atomic E-state index is 12.6. The number of nitrogens with zero attached hydrogens (tertiary/aromatic N) is 3. The van der Waals surface area contributed by atoms with Crippen LogP contribution >= 0.6 is 11.6 Å². The van der Waals surface area contributed by atoms with Gasteiger partial charge >= 0.3 is 5.97 Å². The molecule has 0 aliphatic carbocycles. The minimum Gasteiger partial charge on any atom is -0.476 e. The van der Waals surface area contributed by atoms with Crippen LogP contribution in [0, 0.1) is 0 Å². The van der Waals surface area contributed by atoms with Crippen LogP contribution in [0.15, 0.2) is 4.42 Å². The number of halogens is 1. The summed E-state index contributed by atoms with van der Waals surface area (Å²) >= 11 is 6.02. The summed E-state index contributed by atoms with van der Waals surface area (Å²) in [4.78, 5) is 37.0. The third kappa shape index (κ3) is 4.44. The number of nitrogens with one attached hydrogen (secondary N) is 2. The molecule has 3 N–H and O–H groups in total. The van der Waals surface area contributed by atoms with Crippen molar-refractivity contribution in [3.8, 4) is 0 Å². The van der Waals surface area contributed by atoms with Gasteiger partial charge in [-0.3, -0.25) is 4.79 Å². The van der Waals surface area contributed by atoms with E-state index in [2.05, 4.69) is 20.3 Å². The fourth-order valence-corrected chi connectivity index (χ4v) is 3.73. The van der Waals surface area contributed by atoms with Gasteiger partial charge in [0.1, 0.15) is 5.76 Å². The number of aromatic nitrogens is 3. The van der Waals surface area contributed by atoms with E-state index in [9.17, 15) is 14.7 Å². The molecule has 0 saturated carbocycles. The summed E-state index contributed by atoms with van der Waals surface area (Å²) in [7, 11) is 1.56. The lowest BCUT2D eigenvalue weighted by atomic mass is 10.0. The van der Waals surface area contributed by atoms with E-state index in [4.69, 9.17) is 20.8 Å². The number of ether oxygens (including phenoxy) is 1. The number of carboxylic acids is 1. The number of carboxylic acid groups (broad SMARTS) is 1. The predicted octanol–water partition coefficient (Wildman–Crippen LogP) is 2.46. The number of rotatable bonds is 7. The molecule has 0 spiro atoms. The summed E-state index contributed by atoms with van der Waals surface area (Å²) in [5.41, 5.74) is 0.629.